The van der Waals surface area contributed by atoms with Gasteiger partial charge in [-0.05, 0) is 59.5 Å². The summed E-state index contributed by atoms with van der Waals surface area (Å²) in [5.74, 6) is -2.47. The average Bonchev–Trinajstić information content (AvgIpc) is 3.29. The van der Waals surface area contributed by atoms with Crippen LogP contribution in [0.2, 0.25) is 0 Å². The zero-order chi connectivity index (χ0) is 27.6. The van der Waals surface area contributed by atoms with Crippen LogP contribution in [-0.4, -0.2) is 28.0 Å². The zero-order valence-electron chi connectivity index (χ0n) is 20.3. The summed E-state index contributed by atoms with van der Waals surface area (Å²) in [6, 6.07) is 13.0. The van der Waals surface area contributed by atoms with E-state index in [1.807, 2.05) is 6.92 Å². The Balaban J connectivity index is 1.48. The lowest BCUT2D eigenvalue weighted by Crippen LogP contribution is -2.45. The van der Waals surface area contributed by atoms with Crippen LogP contribution in [0.15, 0.2) is 60.7 Å². The van der Waals surface area contributed by atoms with Gasteiger partial charge in [-0.1, -0.05) is 49.8 Å². The molecule has 1 amide bonds. The highest BCUT2D eigenvalue weighted by Crippen LogP contribution is 2.35. The Hall–Kier alpha value is -3.99. The minimum atomic E-state index is -4.47. The Morgan fingerprint density at radius 1 is 1.03 bits per heavy atom. The molecule has 0 bridgehead atoms. The summed E-state index contributed by atoms with van der Waals surface area (Å²) in [5.41, 5.74) is 1.11. The molecular weight excluding hydrogens is 522 g/mol. The number of fused-ring (bicyclic) bond motifs is 1. The standard InChI is InChI=1S/C27H23F4N3O3S/c1-3-14(2)23(25(36)37)34-24(35)16-6-4-15(5-7-16)17-8-10-20(19(28)12-17)32-26-33-21-11-9-18(27(29,30)31)13-22(21)38-26/h4-14,23H,3H2,1-2H3,(H,32,33)(H,34,35)(H,36,37)/t14-,23-/m0/s1. The monoisotopic (exact) mass is 545 g/mol. The van der Waals surface area contributed by atoms with E-state index in [9.17, 15) is 32.3 Å². The second kappa shape index (κ2) is 10.8. The maximum atomic E-state index is 14.9. The Labute approximate surface area is 219 Å². The molecule has 198 valence electrons. The van der Waals surface area contributed by atoms with E-state index in [0.29, 0.717) is 27.8 Å². The van der Waals surface area contributed by atoms with Crippen molar-refractivity contribution in [3.8, 4) is 11.1 Å². The molecule has 0 unspecified atom stereocenters. The summed E-state index contributed by atoms with van der Waals surface area (Å²) in [5, 5.41) is 15.0. The zero-order valence-corrected chi connectivity index (χ0v) is 21.1. The molecule has 0 aliphatic carbocycles. The van der Waals surface area contributed by atoms with Gasteiger partial charge in [0.15, 0.2) is 5.13 Å². The predicted molar refractivity (Wildman–Crippen MR) is 138 cm³/mol. The fourth-order valence-corrected chi connectivity index (χ4v) is 4.70. The van der Waals surface area contributed by atoms with E-state index in [4.69, 9.17) is 0 Å². The smallest absolute Gasteiger partial charge is 0.416 e. The number of amides is 1. The largest absolute Gasteiger partial charge is 0.480 e. The number of aromatic nitrogens is 1. The first-order valence-electron chi connectivity index (χ1n) is 11.6. The predicted octanol–water partition coefficient (Wildman–Crippen LogP) is 7.09. The van der Waals surface area contributed by atoms with Crippen molar-refractivity contribution in [2.45, 2.75) is 32.5 Å². The van der Waals surface area contributed by atoms with E-state index in [2.05, 4.69) is 15.6 Å². The quantitative estimate of drug-likeness (QED) is 0.206. The first-order chi connectivity index (χ1) is 18.0. The summed E-state index contributed by atoms with van der Waals surface area (Å²) in [4.78, 5) is 28.2. The summed E-state index contributed by atoms with van der Waals surface area (Å²) in [6.45, 7) is 3.59. The lowest BCUT2D eigenvalue weighted by Gasteiger charge is -2.20. The van der Waals surface area contributed by atoms with Gasteiger partial charge in [0.1, 0.15) is 11.9 Å². The van der Waals surface area contributed by atoms with Gasteiger partial charge in [0.25, 0.3) is 5.91 Å². The fourth-order valence-electron chi connectivity index (χ4n) is 3.79. The second-order valence-corrected chi connectivity index (χ2v) is 9.80. The van der Waals surface area contributed by atoms with Crippen LogP contribution in [0.4, 0.5) is 28.4 Å². The summed E-state index contributed by atoms with van der Waals surface area (Å²) in [6.07, 6.45) is -3.88. The first-order valence-corrected chi connectivity index (χ1v) is 12.5. The summed E-state index contributed by atoms with van der Waals surface area (Å²) < 4.78 is 54.1. The highest BCUT2D eigenvalue weighted by molar-refractivity contribution is 7.22. The number of aliphatic carboxylic acids is 1. The van der Waals surface area contributed by atoms with E-state index in [1.165, 1.54) is 30.3 Å². The van der Waals surface area contributed by atoms with Crippen LogP contribution >= 0.6 is 11.3 Å². The van der Waals surface area contributed by atoms with Gasteiger partial charge in [-0.15, -0.1) is 0 Å². The van der Waals surface area contributed by atoms with Crippen LogP contribution in [0, 0.1) is 11.7 Å². The third-order valence-corrected chi connectivity index (χ3v) is 7.11. The van der Waals surface area contributed by atoms with Crippen LogP contribution in [0.5, 0.6) is 0 Å². The summed E-state index contributed by atoms with van der Waals surface area (Å²) >= 11 is 0.981. The van der Waals surface area contributed by atoms with Crippen molar-refractivity contribution < 1.29 is 32.3 Å². The molecule has 4 aromatic rings. The van der Waals surface area contributed by atoms with Gasteiger partial charge in [-0.25, -0.2) is 14.2 Å². The van der Waals surface area contributed by atoms with E-state index in [0.717, 1.165) is 23.5 Å². The minimum absolute atomic E-state index is 0.101. The minimum Gasteiger partial charge on any atom is -0.480 e. The van der Waals surface area contributed by atoms with Crippen molar-refractivity contribution in [2.75, 3.05) is 5.32 Å². The number of carbonyl (C=O) groups excluding carboxylic acids is 1. The molecule has 6 nitrogen and oxygen atoms in total. The maximum absolute atomic E-state index is 14.9. The Morgan fingerprint density at radius 3 is 2.32 bits per heavy atom. The van der Waals surface area contributed by atoms with Crippen LogP contribution in [0.3, 0.4) is 0 Å². The number of carboxylic acids is 1. The SMILES string of the molecule is CC[C@H](C)[C@H](NC(=O)c1ccc(-c2ccc(Nc3nc4ccc(C(F)(F)F)cc4s3)c(F)c2)cc1)C(=O)O. The van der Waals surface area contributed by atoms with E-state index < -0.39 is 35.5 Å². The molecule has 0 aliphatic rings. The molecule has 0 spiro atoms. The third kappa shape index (κ3) is 5.94. The number of nitrogens with zero attached hydrogens (tertiary/aromatic N) is 1. The molecule has 2 atom stereocenters. The lowest BCUT2D eigenvalue weighted by molar-refractivity contribution is -0.140. The van der Waals surface area contributed by atoms with Crippen LogP contribution in [0.25, 0.3) is 21.3 Å². The number of anilines is 2. The molecule has 11 heteroatoms. The van der Waals surface area contributed by atoms with Crippen molar-refractivity contribution in [2.24, 2.45) is 5.92 Å². The number of hydrogen-bond donors (Lipinski definition) is 3. The number of alkyl halides is 3. The number of thiazole rings is 1. The molecule has 3 aromatic carbocycles. The molecule has 0 aliphatic heterocycles. The first kappa shape index (κ1) is 27.1. The maximum Gasteiger partial charge on any atom is 0.416 e. The average molecular weight is 546 g/mol. The highest BCUT2D eigenvalue weighted by atomic mass is 32.1. The topological polar surface area (TPSA) is 91.3 Å². The Morgan fingerprint density at radius 2 is 1.71 bits per heavy atom. The van der Waals surface area contributed by atoms with Gasteiger partial charge in [-0.3, -0.25) is 4.79 Å². The van der Waals surface area contributed by atoms with E-state index in [-0.39, 0.29) is 22.3 Å². The van der Waals surface area contributed by atoms with Crippen LogP contribution < -0.4 is 10.6 Å². The van der Waals surface area contributed by atoms with Gasteiger partial charge in [0, 0.05) is 5.56 Å². The number of carbonyl (C=O) groups is 2. The molecular formula is C27H23F4N3O3S. The van der Waals surface area contributed by atoms with Gasteiger partial charge in [0.05, 0.1) is 21.5 Å². The number of benzene rings is 3. The van der Waals surface area contributed by atoms with Crippen molar-refractivity contribution in [3.05, 3.63) is 77.6 Å². The van der Waals surface area contributed by atoms with Crippen LogP contribution in [-0.2, 0) is 11.0 Å². The van der Waals surface area contributed by atoms with E-state index in [1.54, 1.807) is 25.1 Å². The molecule has 0 saturated carbocycles. The molecule has 4 rings (SSSR count). The van der Waals surface area contributed by atoms with Gasteiger partial charge >= 0.3 is 12.1 Å². The third-order valence-electron chi connectivity index (χ3n) is 6.17. The lowest BCUT2D eigenvalue weighted by atomic mass is 9.98. The van der Waals surface area contributed by atoms with Crippen molar-refractivity contribution in [1.82, 2.24) is 10.3 Å². The van der Waals surface area contributed by atoms with Gasteiger partial charge < -0.3 is 15.7 Å². The van der Waals surface area contributed by atoms with E-state index >= 15 is 0 Å². The second-order valence-electron chi connectivity index (χ2n) is 8.77. The van der Waals surface area contributed by atoms with Crippen LogP contribution in [0.1, 0.15) is 36.2 Å². The molecule has 0 radical (unpaired) electrons. The van der Waals surface area contributed by atoms with Crippen molar-refractivity contribution in [3.63, 3.8) is 0 Å². The molecule has 1 heterocycles. The molecule has 1 aromatic heterocycles. The highest BCUT2D eigenvalue weighted by Gasteiger charge is 2.31. The number of hydrogen-bond acceptors (Lipinski definition) is 5. The normalized spacial score (nSPS) is 13.2. The number of nitrogens with one attached hydrogen (secondary N) is 2. The number of rotatable bonds is 8. The van der Waals surface area contributed by atoms with Crippen molar-refractivity contribution >= 4 is 44.2 Å². The fraction of sp³-hybridized carbons (Fsp3) is 0.222. The number of halogens is 4. The molecule has 38 heavy (non-hydrogen) atoms. The molecule has 0 fully saturated rings. The molecule has 3 N–H and O–H groups in total. The van der Waals surface area contributed by atoms with Crippen molar-refractivity contribution in [1.29, 1.82) is 0 Å². The van der Waals surface area contributed by atoms with Gasteiger partial charge in [-0.2, -0.15) is 13.2 Å². The van der Waals surface area contributed by atoms with Gasteiger partial charge in [0.2, 0.25) is 0 Å². The number of carboxylic acid groups (broad SMARTS) is 1. The Bertz CT molecular complexity index is 1490. The molecule has 0 saturated heterocycles. The Kier molecular flexibility index (Phi) is 7.68. The summed E-state index contributed by atoms with van der Waals surface area (Å²) in [7, 11) is 0.